The van der Waals surface area contributed by atoms with E-state index in [1.807, 2.05) is 0 Å². The van der Waals surface area contributed by atoms with Crippen molar-refractivity contribution >= 4 is 23.6 Å². The van der Waals surface area contributed by atoms with Gasteiger partial charge >= 0.3 is 12.0 Å². The monoisotopic (exact) mass is 280 g/mol. The van der Waals surface area contributed by atoms with E-state index in [4.69, 9.17) is 9.47 Å². The number of anilines is 1. The molecule has 1 saturated heterocycles. The number of nitrogens with one attached hydrogen (secondary N) is 1. The third kappa shape index (κ3) is 2.11. The maximum absolute atomic E-state index is 11.7. The molecule has 1 aromatic rings. The number of carboxylic acids is 1. The molecule has 8 nitrogen and oxygen atoms in total. The quantitative estimate of drug-likeness (QED) is 0.776. The first-order valence-corrected chi connectivity index (χ1v) is 5.59. The molecule has 0 saturated carbocycles. The zero-order valence-electron chi connectivity index (χ0n) is 10.8. The van der Waals surface area contributed by atoms with Crippen LogP contribution in [0.5, 0.6) is 11.5 Å². The van der Waals surface area contributed by atoms with E-state index in [9.17, 15) is 19.5 Å². The number of benzene rings is 1. The fraction of sp³-hybridized carbons (Fsp3) is 0.250. The molecule has 1 heterocycles. The van der Waals surface area contributed by atoms with Crippen LogP contribution in [0.15, 0.2) is 12.1 Å². The van der Waals surface area contributed by atoms with Gasteiger partial charge in [0.15, 0.2) is 11.5 Å². The van der Waals surface area contributed by atoms with Gasteiger partial charge in [-0.2, -0.15) is 0 Å². The van der Waals surface area contributed by atoms with Crippen LogP contribution in [-0.4, -0.2) is 43.8 Å². The third-order valence-electron chi connectivity index (χ3n) is 2.82. The molecule has 0 aromatic heterocycles. The fourth-order valence-corrected chi connectivity index (χ4v) is 1.89. The number of methoxy groups -OCH3 is 2. The third-order valence-corrected chi connectivity index (χ3v) is 2.82. The van der Waals surface area contributed by atoms with Gasteiger partial charge in [-0.3, -0.25) is 4.79 Å². The second-order valence-corrected chi connectivity index (χ2v) is 3.92. The predicted octanol–water partition coefficient (Wildman–Crippen LogP) is 0.458. The van der Waals surface area contributed by atoms with Gasteiger partial charge in [-0.1, -0.05) is 0 Å². The Labute approximate surface area is 113 Å². The van der Waals surface area contributed by atoms with Crippen molar-refractivity contribution < 1.29 is 29.0 Å². The molecule has 20 heavy (non-hydrogen) atoms. The van der Waals surface area contributed by atoms with E-state index in [0.29, 0.717) is 0 Å². The highest BCUT2D eigenvalue weighted by atomic mass is 16.5. The van der Waals surface area contributed by atoms with Crippen LogP contribution in [-0.2, 0) is 4.79 Å². The molecule has 0 spiro atoms. The van der Waals surface area contributed by atoms with Gasteiger partial charge in [0, 0.05) is 12.1 Å². The number of carboxylic acid groups (broad SMARTS) is 1. The van der Waals surface area contributed by atoms with Crippen molar-refractivity contribution in [2.75, 3.05) is 25.7 Å². The molecule has 0 bridgehead atoms. The van der Waals surface area contributed by atoms with Crippen molar-refractivity contribution in [3.05, 3.63) is 17.7 Å². The van der Waals surface area contributed by atoms with Crippen LogP contribution in [0.25, 0.3) is 0 Å². The second kappa shape index (κ2) is 5.08. The summed E-state index contributed by atoms with van der Waals surface area (Å²) in [6.07, 6.45) is 0. The summed E-state index contributed by atoms with van der Waals surface area (Å²) in [5, 5.41) is 11.5. The number of urea groups is 1. The van der Waals surface area contributed by atoms with E-state index >= 15 is 0 Å². The van der Waals surface area contributed by atoms with Crippen LogP contribution >= 0.6 is 0 Å². The van der Waals surface area contributed by atoms with E-state index < -0.39 is 17.9 Å². The average Bonchev–Trinajstić information content (AvgIpc) is 2.76. The highest BCUT2D eigenvalue weighted by Gasteiger charge is 2.34. The number of ether oxygens (including phenoxy) is 2. The zero-order chi connectivity index (χ0) is 14.9. The summed E-state index contributed by atoms with van der Waals surface area (Å²) < 4.78 is 10.1. The average molecular weight is 280 g/mol. The molecule has 2 N–H and O–H groups in total. The molecular weight excluding hydrogens is 268 g/mol. The topological polar surface area (TPSA) is 105 Å². The normalized spacial score (nSPS) is 14.2. The summed E-state index contributed by atoms with van der Waals surface area (Å²) >= 11 is 0. The molecular formula is C12H12N2O6. The molecule has 1 aliphatic rings. The van der Waals surface area contributed by atoms with Gasteiger partial charge < -0.3 is 19.9 Å². The summed E-state index contributed by atoms with van der Waals surface area (Å²) in [6.45, 7) is -0.174. The van der Waals surface area contributed by atoms with E-state index in [0.717, 1.165) is 4.90 Å². The molecule has 106 valence electrons. The molecule has 0 unspecified atom stereocenters. The van der Waals surface area contributed by atoms with Gasteiger partial charge in [0.25, 0.3) is 5.91 Å². The molecule has 1 fully saturated rings. The van der Waals surface area contributed by atoms with Crippen molar-refractivity contribution in [2.24, 2.45) is 0 Å². The lowest BCUT2D eigenvalue weighted by Gasteiger charge is -2.18. The lowest BCUT2D eigenvalue weighted by atomic mass is 10.1. The number of hydrogen-bond acceptors (Lipinski definition) is 5. The van der Waals surface area contributed by atoms with E-state index in [2.05, 4.69) is 5.32 Å². The van der Waals surface area contributed by atoms with Crippen molar-refractivity contribution in [1.29, 1.82) is 0 Å². The molecule has 0 atom stereocenters. The summed E-state index contributed by atoms with van der Waals surface area (Å²) in [6, 6.07) is 1.81. The van der Waals surface area contributed by atoms with Crippen LogP contribution in [0.3, 0.4) is 0 Å². The Morgan fingerprint density at radius 2 is 1.85 bits per heavy atom. The van der Waals surface area contributed by atoms with Gasteiger partial charge in [0.05, 0.1) is 32.0 Å². The number of aromatic carboxylic acids is 1. The zero-order valence-corrected chi connectivity index (χ0v) is 10.8. The molecule has 8 heteroatoms. The minimum atomic E-state index is -1.28. The fourth-order valence-electron chi connectivity index (χ4n) is 1.89. The second-order valence-electron chi connectivity index (χ2n) is 3.92. The van der Waals surface area contributed by atoms with Crippen molar-refractivity contribution in [2.45, 2.75) is 0 Å². The molecule has 3 amide bonds. The summed E-state index contributed by atoms with van der Waals surface area (Å²) in [4.78, 5) is 35.4. The molecule has 2 rings (SSSR count). The predicted molar refractivity (Wildman–Crippen MR) is 67.4 cm³/mol. The van der Waals surface area contributed by atoms with Gasteiger partial charge in [-0.25, -0.2) is 14.5 Å². The molecule has 1 aliphatic heterocycles. The Kier molecular flexibility index (Phi) is 3.47. The largest absolute Gasteiger partial charge is 0.493 e. The Morgan fingerprint density at radius 3 is 2.30 bits per heavy atom. The highest BCUT2D eigenvalue weighted by Crippen LogP contribution is 2.35. The van der Waals surface area contributed by atoms with Gasteiger partial charge in [-0.15, -0.1) is 0 Å². The van der Waals surface area contributed by atoms with Crippen LogP contribution in [0.4, 0.5) is 10.5 Å². The number of carbonyl (C=O) groups excluding carboxylic acids is 2. The number of carbonyl (C=O) groups is 3. The molecule has 0 radical (unpaired) electrons. The van der Waals surface area contributed by atoms with Crippen molar-refractivity contribution in [3.8, 4) is 11.5 Å². The lowest BCUT2D eigenvalue weighted by molar-refractivity contribution is -0.115. The van der Waals surface area contributed by atoms with E-state index in [1.165, 1.54) is 26.4 Å². The molecule has 0 aliphatic carbocycles. The van der Waals surface area contributed by atoms with Crippen LogP contribution in [0, 0.1) is 0 Å². The Hall–Kier alpha value is -2.77. The number of hydrogen-bond donors (Lipinski definition) is 2. The Bertz CT molecular complexity index is 582. The first-order valence-electron chi connectivity index (χ1n) is 5.59. The smallest absolute Gasteiger partial charge is 0.337 e. The number of nitrogens with zero attached hydrogens (tertiary/aromatic N) is 1. The summed E-state index contributed by atoms with van der Waals surface area (Å²) in [7, 11) is 2.73. The Morgan fingerprint density at radius 1 is 1.25 bits per heavy atom. The first kappa shape index (κ1) is 13.7. The number of amides is 3. The maximum Gasteiger partial charge on any atom is 0.337 e. The van der Waals surface area contributed by atoms with Crippen LogP contribution in [0.2, 0.25) is 0 Å². The minimum Gasteiger partial charge on any atom is -0.493 e. The lowest BCUT2D eigenvalue weighted by Crippen LogP contribution is -2.32. The SMILES string of the molecule is COc1cc(C(=O)O)c(N2C(=O)CNC2=O)cc1OC. The van der Waals surface area contributed by atoms with Gasteiger partial charge in [-0.05, 0) is 0 Å². The van der Waals surface area contributed by atoms with Gasteiger partial charge in [0.2, 0.25) is 0 Å². The number of imide groups is 1. The van der Waals surface area contributed by atoms with Crippen molar-refractivity contribution in [1.82, 2.24) is 5.32 Å². The van der Waals surface area contributed by atoms with Crippen LogP contribution in [0.1, 0.15) is 10.4 Å². The van der Waals surface area contributed by atoms with Crippen LogP contribution < -0.4 is 19.7 Å². The molecule has 1 aromatic carbocycles. The standard InChI is InChI=1S/C12H12N2O6/c1-19-8-3-6(11(16)17)7(4-9(8)20-2)14-10(15)5-13-12(14)18/h3-4H,5H2,1-2H3,(H,13,18)(H,16,17). The number of rotatable bonds is 4. The Balaban J connectivity index is 2.64. The van der Waals surface area contributed by atoms with E-state index in [-0.39, 0.29) is 29.3 Å². The van der Waals surface area contributed by atoms with Gasteiger partial charge in [0.1, 0.15) is 0 Å². The first-order chi connectivity index (χ1) is 9.49. The van der Waals surface area contributed by atoms with Crippen molar-refractivity contribution in [3.63, 3.8) is 0 Å². The van der Waals surface area contributed by atoms with E-state index in [1.54, 1.807) is 0 Å². The summed E-state index contributed by atoms with van der Waals surface area (Å²) in [5.74, 6) is -1.40. The summed E-state index contributed by atoms with van der Waals surface area (Å²) in [5.41, 5.74) is -0.289. The highest BCUT2D eigenvalue weighted by molar-refractivity contribution is 6.22. The maximum atomic E-state index is 11.7. The minimum absolute atomic E-state index is 0.0600.